The van der Waals surface area contributed by atoms with E-state index >= 15 is 0 Å². The highest BCUT2D eigenvalue weighted by molar-refractivity contribution is 5.47. The van der Waals surface area contributed by atoms with Crippen LogP contribution in [0, 0.1) is 0 Å². The molecule has 4 aromatic rings. The highest BCUT2D eigenvalue weighted by atomic mass is 16.5. The fraction of sp³-hybridized carbons (Fsp3) is 0.226. The maximum Gasteiger partial charge on any atom is 0.145 e. The lowest BCUT2D eigenvalue weighted by Gasteiger charge is -2.39. The average Bonchev–Trinajstić information content (AvgIpc) is 2.92. The fourth-order valence-electron chi connectivity index (χ4n) is 4.38. The van der Waals surface area contributed by atoms with Gasteiger partial charge in [0.2, 0.25) is 0 Å². The minimum Gasteiger partial charge on any atom is -0.497 e. The van der Waals surface area contributed by atoms with E-state index in [0.717, 1.165) is 41.8 Å². The third-order valence-electron chi connectivity index (χ3n) is 6.18. The molecule has 0 aromatic heterocycles. The van der Waals surface area contributed by atoms with Gasteiger partial charge < -0.3 is 9.47 Å². The first kappa shape index (κ1) is 23.7. The summed E-state index contributed by atoms with van der Waals surface area (Å²) in [6, 6.07) is 39.8. The first-order valence-corrected chi connectivity index (χ1v) is 12.0. The van der Waals surface area contributed by atoms with Crippen LogP contribution in [-0.2, 0) is 16.8 Å². The Balaban J connectivity index is 1.64. The van der Waals surface area contributed by atoms with E-state index < -0.39 is 5.60 Å². The molecule has 174 valence electrons. The van der Waals surface area contributed by atoms with Crippen LogP contribution < -0.4 is 10.1 Å². The summed E-state index contributed by atoms with van der Waals surface area (Å²) < 4.78 is 12.4. The van der Waals surface area contributed by atoms with Gasteiger partial charge in [-0.1, -0.05) is 110 Å². The zero-order valence-electron chi connectivity index (χ0n) is 20.0. The van der Waals surface area contributed by atoms with Crippen LogP contribution in [0.15, 0.2) is 115 Å². The Labute approximate surface area is 203 Å². The predicted molar refractivity (Wildman–Crippen MR) is 139 cm³/mol. The van der Waals surface area contributed by atoms with Gasteiger partial charge in [0.05, 0.1) is 7.11 Å². The first-order valence-electron chi connectivity index (χ1n) is 12.0. The van der Waals surface area contributed by atoms with Crippen molar-refractivity contribution in [1.29, 1.82) is 0 Å². The summed E-state index contributed by atoms with van der Waals surface area (Å²) in [5.74, 6) is 0.879. The summed E-state index contributed by atoms with van der Waals surface area (Å²) in [5.41, 5.74) is 3.88. The summed E-state index contributed by atoms with van der Waals surface area (Å²) in [6.45, 7) is 2.98. The van der Waals surface area contributed by atoms with Gasteiger partial charge in [0.25, 0.3) is 0 Å². The van der Waals surface area contributed by atoms with E-state index in [0.29, 0.717) is 0 Å². The Morgan fingerprint density at radius 1 is 0.676 bits per heavy atom. The van der Waals surface area contributed by atoms with Crippen molar-refractivity contribution in [2.75, 3.05) is 13.7 Å². The number of nitrogens with one attached hydrogen (secondary N) is 1. The van der Waals surface area contributed by atoms with Crippen molar-refractivity contribution in [3.05, 3.63) is 138 Å². The summed E-state index contributed by atoms with van der Waals surface area (Å²) in [4.78, 5) is 0. The third kappa shape index (κ3) is 5.39. The quantitative estimate of drug-likeness (QED) is 0.207. The Bertz CT molecular complexity index is 1020. The van der Waals surface area contributed by atoms with E-state index in [1.807, 2.05) is 12.1 Å². The summed E-state index contributed by atoms with van der Waals surface area (Å²) >= 11 is 0. The van der Waals surface area contributed by atoms with Crippen molar-refractivity contribution in [1.82, 2.24) is 5.32 Å². The molecule has 0 fully saturated rings. The Kier molecular flexibility index (Phi) is 8.13. The molecular weight excluding hydrogens is 418 g/mol. The molecule has 0 spiro atoms. The van der Waals surface area contributed by atoms with Crippen LogP contribution in [0.4, 0.5) is 0 Å². The van der Waals surface area contributed by atoms with Crippen LogP contribution in [0.5, 0.6) is 5.75 Å². The Morgan fingerprint density at radius 3 is 1.56 bits per heavy atom. The van der Waals surface area contributed by atoms with Gasteiger partial charge in [0.15, 0.2) is 0 Å². The number of ether oxygens (including phenoxy) is 2. The van der Waals surface area contributed by atoms with Crippen molar-refractivity contribution in [3.63, 3.8) is 0 Å². The minimum atomic E-state index is -0.725. The highest BCUT2D eigenvalue weighted by Crippen LogP contribution is 2.41. The van der Waals surface area contributed by atoms with Crippen molar-refractivity contribution < 1.29 is 9.47 Å². The van der Waals surface area contributed by atoms with Gasteiger partial charge in [0, 0.05) is 6.54 Å². The van der Waals surface area contributed by atoms with Crippen LogP contribution >= 0.6 is 0 Å². The van der Waals surface area contributed by atoms with Crippen molar-refractivity contribution in [3.8, 4) is 5.75 Å². The van der Waals surface area contributed by atoms with Gasteiger partial charge in [-0.3, -0.25) is 5.32 Å². The molecule has 1 unspecified atom stereocenters. The monoisotopic (exact) mass is 451 g/mol. The molecular formula is C31H33NO2. The molecule has 0 bridgehead atoms. The molecule has 0 saturated carbocycles. The SMILES string of the molecule is CCC(NCCc1ccc(OC)cc1)OC(c1ccccc1)(c1ccccc1)c1ccccc1. The molecule has 4 aromatic carbocycles. The molecule has 0 saturated heterocycles. The van der Waals surface area contributed by atoms with Crippen LogP contribution in [-0.4, -0.2) is 19.9 Å². The molecule has 34 heavy (non-hydrogen) atoms. The maximum absolute atomic E-state index is 7.09. The van der Waals surface area contributed by atoms with Gasteiger partial charge in [-0.2, -0.15) is 0 Å². The molecule has 1 N–H and O–H groups in total. The summed E-state index contributed by atoms with van der Waals surface area (Å²) in [5, 5.41) is 3.66. The normalized spacial score (nSPS) is 12.3. The third-order valence-corrected chi connectivity index (χ3v) is 6.18. The van der Waals surface area contributed by atoms with Gasteiger partial charge in [0.1, 0.15) is 17.6 Å². The van der Waals surface area contributed by atoms with E-state index in [2.05, 4.69) is 115 Å². The molecule has 0 radical (unpaired) electrons. The first-order chi connectivity index (χ1) is 16.8. The van der Waals surface area contributed by atoms with Gasteiger partial charge in [-0.25, -0.2) is 0 Å². The largest absolute Gasteiger partial charge is 0.497 e. The minimum absolute atomic E-state index is 0.126. The van der Waals surface area contributed by atoms with Crippen LogP contribution in [0.25, 0.3) is 0 Å². The topological polar surface area (TPSA) is 30.5 Å². The second-order valence-corrected chi connectivity index (χ2v) is 8.35. The number of rotatable bonds is 11. The highest BCUT2D eigenvalue weighted by Gasteiger charge is 2.39. The van der Waals surface area contributed by atoms with E-state index in [-0.39, 0.29) is 6.23 Å². The molecule has 0 aliphatic heterocycles. The predicted octanol–water partition coefficient (Wildman–Crippen LogP) is 6.57. The number of hydrogen-bond acceptors (Lipinski definition) is 3. The molecule has 3 nitrogen and oxygen atoms in total. The zero-order valence-corrected chi connectivity index (χ0v) is 20.0. The number of hydrogen-bond donors (Lipinski definition) is 1. The van der Waals surface area contributed by atoms with E-state index in [9.17, 15) is 0 Å². The molecule has 0 aliphatic rings. The van der Waals surface area contributed by atoms with Gasteiger partial charge >= 0.3 is 0 Å². The van der Waals surface area contributed by atoms with Gasteiger partial charge in [-0.15, -0.1) is 0 Å². The summed E-state index contributed by atoms with van der Waals surface area (Å²) in [7, 11) is 1.69. The second kappa shape index (κ2) is 11.6. The smallest absolute Gasteiger partial charge is 0.145 e. The number of benzene rings is 4. The van der Waals surface area contributed by atoms with Crippen molar-refractivity contribution >= 4 is 0 Å². The molecule has 4 rings (SSSR count). The van der Waals surface area contributed by atoms with Crippen molar-refractivity contribution in [2.24, 2.45) is 0 Å². The van der Waals surface area contributed by atoms with E-state index in [1.54, 1.807) is 7.11 Å². The Morgan fingerprint density at radius 2 is 1.15 bits per heavy atom. The number of methoxy groups -OCH3 is 1. The van der Waals surface area contributed by atoms with Crippen molar-refractivity contribution in [2.45, 2.75) is 31.6 Å². The van der Waals surface area contributed by atoms with Crippen LogP contribution in [0.2, 0.25) is 0 Å². The lowest BCUT2D eigenvalue weighted by Crippen LogP contribution is -2.43. The van der Waals surface area contributed by atoms with E-state index in [1.165, 1.54) is 5.56 Å². The molecule has 3 heteroatoms. The molecule has 0 amide bonds. The zero-order chi connectivity index (χ0) is 23.6. The maximum atomic E-state index is 7.09. The summed E-state index contributed by atoms with van der Waals surface area (Å²) in [6.07, 6.45) is 1.63. The van der Waals surface area contributed by atoms with Gasteiger partial charge in [-0.05, 0) is 47.2 Å². The lowest BCUT2D eigenvalue weighted by molar-refractivity contribution is -0.0645. The van der Waals surface area contributed by atoms with Crippen LogP contribution in [0.1, 0.15) is 35.6 Å². The lowest BCUT2D eigenvalue weighted by atomic mass is 9.80. The molecule has 1 atom stereocenters. The van der Waals surface area contributed by atoms with E-state index in [4.69, 9.17) is 9.47 Å². The molecule has 0 aliphatic carbocycles. The van der Waals surface area contributed by atoms with Crippen LogP contribution in [0.3, 0.4) is 0 Å². The second-order valence-electron chi connectivity index (χ2n) is 8.35. The Hall–Kier alpha value is -3.40. The fourth-order valence-corrected chi connectivity index (χ4v) is 4.38. The standard InChI is InChI=1S/C31H33NO2/c1-3-30(32-24-23-25-19-21-29(33-2)22-20-25)34-31(26-13-7-4-8-14-26,27-15-9-5-10-16-27)28-17-11-6-12-18-28/h4-22,30,32H,3,23-24H2,1-2H3. The average molecular weight is 452 g/mol. The molecule has 0 heterocycles.